The van der Waals surface area contributed by atoms with Crippen LogP contribution in [0.1, 0.15) is 42.5 Å². The van der Waals surface area contributed by atoms with Crippen molar-refractivity contribution in [1.29, 1.82) is 0 Å². The van der Waals surface area contributed by atoms with Crippen molar-refractivity contribution in [1.82, 2.24) is 0 Å². The van der Waals surface area contributed by atoms with Gasteiger partial charge in [0.2, 0.25) is 0 Å². The van der Waals surface area contributed by atoms with Crippen molar-refractivity contribution in [2.45, 2.75) is 44.0 Å². The second-order valence-electron chi connectivity index (χ2n) is 6.57. The van der Waals surface area contributed by atoms with E-state index in [9.17, 15) is 8.42 Å². The number of azide groups is 1. The van der Waals surface area contributed by atoms with Gasteiger partial charge in [-0.25, -0.2) is 8.42 Å². The minimum Gasteiger partial charge on any atom is -0.265 e. The van der Waals surface area contributed by atoms with Crippen molar-refractivity contribution in [2.75, 3.05) is 10.8 Å². The van der Waals surface area contributed by atoms with Crippen LogP contribution in [0.4, 0.5) is 5.69 Å². The van der Waals surface area contributed by atoms with Crippen LogP contribution < -0.4 is 4.31 Å². The van der Waals surface area contributed by atoms with E-state index < -0.39 is 16.1 Å². The van der Waals surface area contributed by atoms with E-state index in [1.54, 1.807) is 24.3 Å². The number of hydrogen-bond acceptors (Lipinski definition) is 3. The Balaban J connectivity index is 2.03. The van der Waals surface area contributed by atoms with Gasteiger partial charge in [0, 0.05) is 11.5 Å². The summed E-state index contributed by atoms with van der Waals surface area (Å²) in [6, 6.07) is 12.1. The average Bonchev–Trinajstić information content (AvgIpc) is 2.99. The van der Waals surface area contributed by atoms with Crippen LogP contribution in [-0.2, 0) is 16.4 Å². The zero-order chi connectivity index (χ0) is 18.7. The van der Waals surface area contributed by atoms with Gasteiger partial charge < -0.3 is 0 Å². The minimum absolute atomic E-state index is 0.132. The summed E-state index contributed by atoms with van der Waals surface area (Å²) in [5, 5.41) is 3.83. The molecule has 0 aromatic heterocycles. The number of rotatable bonds is 6. The lowest BCUT2D eigenvalue weighted by Gasteiger charge is -2.20. The molecule has 0 N–H and O–H groups in total. The van der Waals surface area contributed by atoms with Crippen molar-refractivity contribution in [3.8, 4) is 0 Å². The first-order chi connectivity index (χ1) is 12.5. The van der Waals surface area contributed by atoms with E-state index in [0.717, 1.165) is 36.0 Å². The Hall–Kier alpha value is -2.50. The number of benzene rings is 2. The number of nitrogens with zero attached hydrogens (tertiary/aromatic N) is 4. The molecule has 3 rings (SSSR count). The van der Waals surface area contributed by atoms with Gasteiger partial charge in [-0.05, 0) is 54.6 Å². The van der Waals surface area contributed by atoms with Gasteiger partial charge in [0.15, 0.2) is 0 Å². The molecule has 0 radical (unpaired) electrons. The van der Waals surface area contributed by atoms with Crippen molar-refractivity contribution < 1.29 is 8.42 Å². The van der Waals surface area contributed by atoms with Crippen LogP contribution in [0.2, 0.25) is 0 Å². The molecule has 1 unspecified atom stereocenters. The summed E-state index contributed by atoms with van der Waals surface area (Å²) in [6.07, 6.45) is 3.08. The van der Waals surface area contributed by atoms with E-state index >= 15 is 0 Å². The van der Waals surface area contributed by atoms with Crippen molar-refractivity contribution >= 4 is 15.7 Å². The van der Waals surface area contributed by atoms with Crippen molar-refractivity contribution in [3.63, 3.8) is 0 Å². The summed E-state index contributed by atoms with van der Waals surface area (Å²) in [6.45, 7) is 4.18. The molecule has 1 heterocycles. The summed E-state index contributed by atoms with van der Waals surface area (Å²) in [5.74, 6) is 0. The van der Waals surface area contributed by atoms with Crippen LogP contribution in [-0.4, -0.2) is 15.0 Å². The normalized spacial score (nSPS) is 16.2. The molecule has 0 saturated heterocycles. The van der Waals surface area contributed by atoms with E-state index in [-0.39, 0.29) is 11.4 Å². The van der Waals surface area contributed by atoms with Crippen LogP contribution >= 0.6 is 0 Å². The maximum Gasteiger partial charge on any atom is 0.264 e. The molecule has 1 aliphatic rings. The highest BCUT2D eigenvalue weighted by Crippen LogP contribution is 2.41. The Labute approximate surface area is 154 Å². The van der Waals surface area contributed by atoms with Gasteiger partial charge in [-0.2, -0.15) is 0 Å². The van der Waals surface area contributed by atoms with Gasteiger partial charge in [-0.3, -0.25) is 4.31 Å². The fourth-order valence-electron chi connectivity index (χ4n) is 3.21. The molecule has 2 aromatic rings. The number of aryl methyl sites for hydroxylation is 2. The lowest BCUT2D eigenvalue weighted by atomic mass is 10.0. The minimum atomic E-state index is -3.70. The highest BCUT2D eigenvalue weighted by molar-refractivity contribution is 7.92. The summed E-state index contributed by atoms with van der Waals surface area (Å²) in [4.78, 5) is 3.15. The lowest BCUT2D eigenvalue weighted by molar-refractivity contribution is 0.589. The average molecular weight is 370 g/mol. The number of fused-ring (bicyclic) bond motifs is 1. The van der Waals surface area contributed by atoms with Crippen molar-refractivity contribution in [3.05, 3.63) is 69.6 Å². The third-order valence-corrected chi connectivity index (χ3v) is 6.47. The molecule has 0 spiro atoms. The molecule has 0 saturated carbocycles. The van der Waals surface area contributed by atoms with E-state index in [4.69, 9.17) is 5.53 Å². The van der Waals surface area contributed by atoms with E-state index in [2.05, 4.69) is 16.9 Å². The molecule has 26 heavy (non-hydrogen) atoms. The van der Waals surface area contributed by atoms with Gasteiger partial charge in [-0.1, -0.05) is 48.3 Å². The summed E-state index contributed by atoms with van der Waals surface area (Å²) >= 11 is 0. The van der Waals surface area contributed by atoms with Crippen molar-refractivity contribution in [2.24, 2.45) is 5.11 Å². The molecule has 1 atom stereocenters. The number of hydrogen-bond donors (Lipinski definition) is 0. The third kappa shape index (κ3) is 3.41. The van der Waals surface area contributed by atoms with Crippen LogP contribution in [0.25, 0.3) is 10.4 Å². The van der Waals surface area contributed by atoms with E-state index in [1.807, 2.05) is 25.1 Å². The maximum atomic E-state index is 13.1. The van der Waals surface area contributed by atoms with Gasteiger partial charge in [0.25, 0.3) is 10.0 Å². The Morgan fingerprint density at radius 1 is 1.23 bits per heavy atom. The Morgan fingerprint density at radius 2 is 1.96 bits per heavy atom. The smallest absolute Gasteiger partial charge is 0.264 e. The van der Waals surface area contributed by atoms with Gasteiger partial charge >= 0.3 is 0 Å². The highest BCUT2D eigenvalue weighted by atomic mass is 32.2. The molecular formula is C19H22N4O2S. The Bertz CT molecular complexity index is 948. The lowest BCUT2D eigenvalue weighted by Crippen LogP contribution is -2.29. The number of sulfonamides is 1. The highest BCUT2D eigenvalue weighted by Gasteiger charge is 2.36. The quantitative estimate of drug-likeness (QED) is 0.411. The van der Waals surface area contributed by atoms with Gasteiger partial charge in [0.1, 0.15) is 0 Å². The zero-order valence-corrected chi connectivity index (χ0v) is 15.8. The molecule has 1 aliphatic heterocycles. The first kappa shape index (κ1) is 18.3. The zero-order valence-electron chi connectivity index (χ0n) is 15.0. The predicted molar refractivity (Wildman–Crippen MR) is 103 cm³/mol. The third-order valence-electron chi connectivity index (χ3n) is 4.68. The Morgan fingerprint density at radius 3 is 2.62 bits per heavy atom. The first-order valence-electron chi connectivity index (χ1n) is 8.74. The summed E-state index contributed by atoms with van der Waals surface area (Å²) in [7, 11) is -3.70. The largest absolute Gasteiger partial charge is 0.265 e. The molecule has 0 aliphatic carbocycles. The standard InChI is InChI=1S/C19H22N4O2S/c1-3-4-5-15-8-11-19-17(12-15)18(21-22-20)13-23(19)26(24,25)16-9-6-14(2)7-10-16/h6-12,18H,3-5,13H2,1-2H3. The van der Waals surface area contributed by atoms with Gasteiger partial charge in [0.05, 0.1) is 16.6 Å². The van der Waals surface area contributed by atoms with E-state index in [1.165, 1.54) is 4.31 Å². The fourth-order valence-corrected chi connectivity index (χ4v) is 4.71. The van der Waals surface area contributed by atoms with Crippen LogP contribution in [0, 0.1) is 6.92 Å². The molecule has 0 bridgehead atoms. The molecule has 2 aromatic carbocycles. The maximum absolute atomic E-state index is 13.1. The summed E-state index contributed by atoms with van der Waals surface area (Å²) in [5.41, 5.74) is 12.4. The molecule has 7 heteroatoms. The number of anilines is 1. The molecule has 6 nitrogen and oxygen atoms in total. The van der Waals surface area contributed by atoms with E-state index in [0.29, 0.717) is 5.69 Å². The predicted octanol–water partition coefficient (Wildman–Crippen LogP) is 4.90. The second-order valence-corrected chi connectivity index (χ2v) is 8.43. The monoisotopic (exact) mass is 370 g/mol. The fraction of sp³-hybridized carbons (Fsp3) is 0.368. The Kier molecular flexibility index (Phi) is 5.20. The molecular weight excluding hydrogens is 348 g/mol. The molecule has 0 amide bonds. The van der Waals surface area contributed by atoms with Crippen LogP contribution in [0.15, 0.2) is 52.5 Å². The second kappa shape index (κ2) is 7.40. The molecule has 0 fully saturated rings. The van der Waals surface area contributed by atoms with Crippen LogP contribution in [0.5, 0.6) is 0 Å². The topological polar surface area (TPSA) is 86.1 Å². The first-order valence-corrected chi connectivity index (χ1v) is 10.2. The SMILES string of the molecule is CCCCc1ccc2c(c1)C(N=[N+]=[N-])CN2S(=O)(=O)c1ccc(C)cc1. The molecule has 136 valence electrons. The number of unbranched alkanes of at least 4 members (excludes halogenated alkanes) is 1. The van der Waals surface area contributed by atoms with Gasteiger partial charge in [-0.15, -0.1) is 0 Å². The summed E-state index contributed by atoms with van der Waals surface area (Å²) < 4.78 is 27.6. The van der Waals surface area contributed by atoms with Crippen LogP contribution in [0.3, 0.4) is 0 Å².